The summed E-state index contributed by atoms with van der Waals surface area (Å²) in [6.07, 6.45) is 1.89. The van der Waals surface area contributed by atoms with E-state index in [9.17, 15) is 4.39 Å². The van der Waals surface area contributed by atoms with Crippen molar-refractivity contribution >= 4 is 25.1 Å². The van der Waals surface area contributed by atoms with E-state index in [0.717, 1.165) is 4.90 Å². The van der Waals surface area contributed by atoms with Gasteiger partial charge in [-0.3, -0.25) is 0 Å². The topological polar surface area (TPSA) is 0 Å². The number of hydrogen-bond acceptors (Lipinski definition) is 1. The Morgan fingerprint density at radius 1 is 1.50 bits per heavy atom. The second kappa shape index (κ2) is 3.10. The fraction of sp³-hybridized carbons (Fsp3) is 0.143. The van der Waals surface area contributed by atoms with E-state index in [1.165, 1.54) is 17.8 Å². The van der Waals surface area contributed by atoms with Gasteiger partial charge in [0.2, 0.25) is 0 Å². The lowest BCUT2D eigenvalue weighted by Crippen LogP contribution is -2.06. The van der Waals surface area contributed by atoms with E-state index < -0.39 is 0 Å². The summed E-state index contributed by atoms with van der Waals surface area (Å²) in [5, 5.41) is 0. The highest BCUT2D eigenvalue weighted by molar-refractivity contribution is 7.98. The molecule has 0 fully saturated rings. The Morgan fingerprint density at radius 3 is 2.70 bits per heavy atom. The number of halogens is 1. The first kappa shape index (κ1) is 7.67. The summed E-state index contributed by atoms with van der Waals surface area (Å²) in [6, 6.07) is 4.80. The minimum Gasteiger partial charge on any atom is -0.208 e. The van der Waals surface area contributed by atoms with Crippen molar-refractivity contribution in [1.82, 2.24) is 0 Å². The molecule has 0 saturated carbocycles. The van der Waals surface area contributed by atoms with Gasteiger partial charge in [-0.05, 0) is 18.4 Å². The van der Waals surface area contributed by atoms with Crippen molar-refractivity contribution in [3.05, 3.63) is 24.0 Å². The van der Waals surface area contributed by atoms with Gasteiger partial charge >= 0.3 is 0 Å². The van der Waals surface area contributed by atoms with Gasteiger partial charge in [0.15, 0.2) is 0 Å². The zero-order valence-corrected chi connectivity index (χ0v) is 6.41. The van der Waals surface area contributed by atoms with Crippen LogP contribution in [0.3, 0.4) is 0 Å². The fourth-order valence-electron chi connectivity index (χ4n) is 0.635. The monoisotopic (exact) mass is 152 g/mol. The maximum absolute atomic E-state index is 12.6. The molecule has 0 aromatic heterocycles. The molecule has 0 atom stereocenters. The molecule has 2 radical (unpaired) electrons. The van der Waals surface area contributed by atoms with Crippen molar-refractivity contribution < 1.29 is 4.39 Å². The first-order chi connectivity index (χ1) is 4.74. The molecule has 1 rings (SSSR count). The minimum atomic E-state index is -0.341. The summed E-state index contributed by atoms with van der Waals surface area (Å²) in [4.78, 5) is 0.895. The van der Waals surface area contributed by atoms with E-state index in [1.807, 2.05) is 6.26 Å². The molecular formula is C7H6BFS. The highest BCUT2D eigenvalue weighted by atomic mass is 32.2. The van der Waals surface area contributed by atoms with Gasteiger partial charge in [0, 0.05) is 4.90 Å². The molecule has 0 unspecified atom stereocenters. The van der Waals surface area contributed by atoms with E-state index in [-0.39, 0.29) is 11.3 Å². The van der Waals surface area contributed by atoms with Crippen molar-refractivity contribution in [2.24, 2.45) is 0 Å². The normalized spacial score (nSPS) is 9.80. The summed E-state index contributed by atoms with van der Waals surface area (Å²) >= 11 is 1.50. The second-order valence-electron chi connectivity index (χ2n) is 1.89. The molecule has 1 aromatic rings. The van der Waals surface area contributed by atoms with E-state index in [2.05, 4.69) is 0 Å². The summed E-state index contributed by atoms with van der Waals surface area (Å²) in [7, 11) is 5.26. The highest BCUT2D eigenvalue weighted by Crippen LogP contribution is 2.13. The molecule has 0 spiro atoms. The number of hydrogen-bond donors (Lipinski definition) is 0. The molecular weight excluding hydrogens is 146 g/mol. The quantitative estimate of drug-likeness (QED) is 0.432. The number of benzene rings is 1. The summed E-state index contributed by atoms with van der Waals surface area (Å²) < 4.78 is 12.6. The van der Waals surface area contributed by atoms with Gasteiger partial charge in [0.1, 0.15) is 13.7 Å². The molecule has 0 aliphatic rings. The van der Waals surface area contributed by atoms with Crippen LogP contribution in [0.4, 0.5) is 4.39 Å². The Hall–Kier alpha value is -0.435. The average molecular weight is 152 g/mol. The van der Waals surface area contributed by atoms with Crippen molar-refractivity contribution in [2.45, 2.75) is 4.90 Å². The first-order valence-electron chi connectivity index (χ1n) is 2.83. The molecule has 50 valence electrons. The second-order valence-corrected chi connectivity index (χ2v) is 2.77. The van der Waals surface area contributed by atoms with E-state index in [4.69, 9.17) is 7.85 Å². The van der Waals surface area contributed by atoms with Gasteiger partial charge in [-0.2, -0.15) is 0 Å². The van der Waals surface area contributed by atoms with Gasteiger partial charge in [-0.15, -0.1) is 11.8 Å². The molecule has 10 heavy (non-hydrogen) atoms. The van der Waals surface area contributed by atoms with Crippen LogP contribution in [0.15, 0.2) is 23.1 Å². The van der Waals surface area contributed by atoms with Crippen LogP contribution in [0.2, 0.25) is 0 Å². The minimum absolute atomic E-state index is 0.206. The lowest BCUT2D eigenvalue weighted by molar-refractivity contribution is 0.632. The molecule has 0 aliphatic heterocycles. The van der Waals surface area contributed by atoms with E-state index in [0.29, 0.717) is 0 Å². The first-order valence-corrected chi connectivity index (χ1v) is 4.05. The molecule has 0 heterocycles. The third-order valence-electron chi connectivity index (χ3n) is 1.21. The molecule has 0 bridgehead atoms. The van der Waals surface area contributed by atoms with Gasteiger partial charge in [0.25, 0.3) is 0 Å². The lowest BCUT2D eigenvalue weighted by atomic mass is 9.96. The number of thioether (sulfide) groups is 1. The largest absolute Gasteiger partial charge is 0.208 e. The Morgan fingerprint density at radius 2 is 2.20 bits per heavy atom. The zero-order chi connectivity index (χ0) is 7.56. The zero-order valence-electron chi connectivity index (χ0n) is 5.60. The maximum atomic E-state index is 12.6. The molecule has 1 aromatic carbocycles. The third-order valence-corrected chi connectivity index (χ3v) is 1.93. The van der Waals surface area contributed by atoms with Crippen molar-refractivity contribution in [3.8, 4) is 0 Å². The molecule has 0 amide bonds. The Labute approximate surface area is 65.2 Å². The standard InChI is InChI=1S/C7H6BFS/c1-10-5-2-3-6(8)7(9)4-5/h2-4H,1H3. The Kier molecular flexibility index (Phi) is 2.38. The predicted octanol–water partition coefficient (Wildman–Crippen LogP) is 1.34. The summed E-state index contributed by atoms with van der Waals surface area (Å²) in [6.45, 7) is 0. The molecule has 0 saturated heterocycles. The molecule has 0 nitrogen and oxygen atoms in total. The molecule has 3 heteroatoms. The molecule has 0 N–H and O–H groups in total. The van der Waals surface area contributed by atoms with Crippen LogP contribution in [0.1, 0.15) is 0 Å². The summed E-state index contributed by atoms with van der Waals surface area (Å²) in [5.74, 6) is -0.341. The average Bonchev–Trinajstić information content (AvgIpc) is 1.95. The van der Waals surface area contributed by atoms with Gasteiger partial charge < -0.3 is 0 Å². The Bertz CT molecular complexity index is 237. The SMILES string of the molecule is [B]c1ccc(SC)cc1F. The van der Waals surface area contributed by atoms with Crippen molar-refractivity contribution in [2.75, 3.05) is 6.26 Å². The predicted molar refractivity (Wildman–Crippen MR) is 43.6 cm³/mol. The maximum Gasteiger partial charge on any atom is 0.117 e. The van der Waals surface area contributed by atoms with Crippen LogP contribution >= 0.6 is 11.8 Å². The van der Waals surface area contributed by atoms with Crippen LogP contribution in [0.25, 0.3) is 0 Å². The number of rotatable bonds is 1. The highest BCUT2D eigenvalue weighted by Gasteiger charge is 1.95. The van der Waals surface area contributed by atoms with Gasteiger partial charge in [-0.1, -0.05) is 11.5 Å². The molecule has 0 aliphatic carbocycles. The van der Waals surface area contributed by atoms with Crippen LogP contribution in [0, 0.1) is 5.82 Å². The smallest absolute Gasteiger partial charge is 0.117 e. The third kappa shape index (κ3) is 1.54. The van der Waals surface area contributed by atoms with Gasteiger partial charge in [-0.25, -0.2) is 4.39 Å². The van der Waals surface area contributed by atoms with Crippen LogP contribution in [-0.4, -0.2) is 14.1 Å². The van der Waals surface area contributed by atoms with Crippen LogP contribution in [0.5, 0.6) is 0 Å². The Balaban J connectivity index is 3.04. The lowest BCUT2D eigenvalue weighted by Gasteiger charge is -1.98. The van der Waals surface area contributed by atoms with E-state index >= 15 is 0 Å². The summed E-state index contributed by atoms with van der Waals surface area (Å²) in [5.41, 5.74) is 0.206. The fourth-order valence-corrected chi connectivity index (χ4v) is 1.06. The van der Waals surface area contributed by atoms with Crippen LogP contribution in [-0.2, 0) is 0 Å². The van der Waals surface area contributed by atoms with Crippen LogP contribution < -0.4 is 5.46 Å². The van der Waals surface area contributed by atoms with E-state index in [1.54, 1.807) is 12.1 Å². The van der Waals surface area contributed by atoms with Crippen molar-refractivity contribution in [1.29, 1.82) is 0 Å². The van der Waals surface area contributed by atoms with Crippen molar-refractivity contribution in [3.63, 3.8) is 0 Å². The van der Waals surface area contributed by atoms with Gasteiger partial charge in [0.05, 0.1) is 0 Å².